The Bertz CT molecular complexity index is 898. The van der Waals surface area contributed by atoms with Crippen molar-refractivity contribution in [1.82, 2.24) is 20.4 Å². The number of nitrogens with zero attached hydrogens (tertiary/aromatic N) is 3. The fourth-order valence-electron chi connectivity index (χ4n) is 2.40. The second kappa shape index (κ2) is 8.31. The fraction of sp³-hybridized carbons (Fsp3) is 0.263. The third-order valence-electron chi connectivity index (χ3n) is 3.87. The summed E-state index contributed by atoms with van der Waals surface area (Å²) in [6.45, 7) is 0.386. The van der Waals surface area contributed by atoms with Gasteiger partial charge in [0.15, 0.2) is 5.76 Å². The van der Waals surface area contributed by atoms with E-state index in [1.807, 2.05) is 12.1 Å². The van der Waals surface area contributed by atoms with Crippen LogP contribution in [0.25, 0.3) is 11.6 Å². The van der Waals surface area contributed by atoms with Gasteiger partial charge < -0.3 is 19.2 Å². The van der Waals surface area contributed by atoms with E-state index >= 15 is 0 Å². The van der Waals surface area contributed by atoms with E-state index in [1.165, 1.54) is 11.2 Å². The third kappa shape index (κ3) is 4.81. The number of nitrogens with one attached hydrogen (secondary N) is 1. The van der Waals surface area contributed by atoms with Crippen LogP contribution in [0, 0.1) is 0 Å². The summed E-state index contributed by atoms with van der Waals surface area (Å²) >= 11 is 0. The minimum absolute atomic E-state index is 0.0564. The van der Waals surface area contributed by atoms with Crippen molar-refractivity contribution in [2.75, 3.05) is 14.1 Å². The van der Waals surface area contributed by atoms with E-state index in [4.69, 9.17) is 8.94 Å². The average molecular weight is 368 g/mol. The summed E-state index contributed by atoms with van der Waals surface area (Å²) in [5.41, 5.74) is 1.52. The van der Waals surface area contributed by atoms with E-state index in [1.54, 1.807) is 38.4 Å². The minimum atomic E-state index is -0.124. The Kier molecular flexibility index (Phi) is 5.65. The maximum Gasteiger partial charge on any atom is 0.253 e. The van der Waals surface area contributed by atoms with E-state index < -0.39 is 0 Å². The number of furan rings is 1. The monoisotopic (exact) mass is 368 g/mol. The van der Waals surface area contributed by atoms with Crippen LogP contribution in [0.15, 0.2) is 51.6 Å². The van der Waals surface area contributed by atoms with Gasteiger partial charge in [0.25, 0.3) is 5.91 Å². The number of aryl methyl sites for hydroxylation is 1. The molecule has 0 bridgehead atoms. The molecule has 2 heterocycles. The molecule has 0 saturated heterocycles. The van der Waals surface area contributed by atoms with Crippen molar-refractivity contribution in [2.45, 2.75) is 19.4 Å². The first kappa shape index (κ1) is 18.4. The summed E-state index contributed by atoms with van der Waals surface area (Å²) in [6, 6.07) is 10.6. The molecule has 27 heavy (non-hydrogen) atoms. The molecule has 8 heteroatoms. The van der Waals surface area contributed by atoms with Crippen LogP contribution in [-0.4, -0.2) is 41.0 Å². The Morgan fingerprint density at radius 3 is 2.59 bits per heavy atom. The van der Waals surface area contributed by atoms with Gasteiger partial charge in [-0.3, -0.25) is 9.59 Å². The van der Waals surface area contributed by atoms with Crippen molar-refractivity contribution in [2.24, 2.45) is 0 Å². The highest BCUT2D eigenvalue weighted by Gasteiger charge is 2.12. The lowest BCUT2D eigenvalue weighted by atomic mass is 10.1. The zero-order valence-electron chi connectivity index (χ0n) is 15.1. The maximum absolute atomic E-state index is 12.0. The molecular weight excluding hydrogens is 348 g/mol. The quantitative estimate of drug-likeness (QED) is 0.686. The van der Waals surface area contributed by atoms with Crippen LogP contribution >= 0.6 is 0 Å². The molecule has 0 saturated carbocycles. The molecule has 0 aliphatic rings. The molecule has 2 amide bonds. The number of amides is 2. The molecule has 3 rings (SSSR count). The lowest BCUT2D eigenvalue weighted by Crippen LogP contribution is -2.23. The number of carbonyl (C=O) groups is 2. The molecule has 0 radical (unpaired) electrons. The maximum atomic E-state index is 12.0. The van der Waals surface area contributed by atoms with Crippen LogP contribution in [0.2, 0.25) is 0 Å². The highest BCUT2D eigenvalue weighted by Crippen LogP contribution is 2.16. The molecule has 1 N–H and O–H groups in total. The highest BCUT2D eigenvalue weighted by atomic mass is 16.5. The van der Waals surface area contributed by atoms with Crippen LogP contribution in [-0.2, 0) is 17.8 Å². The number of benzene rings is 1. The summed E-state index contributed by atoms with van der Waals surface area (Å²) in [7, 11) is 3.41. The van der Waals surface area contributed by atoms with E-state index in [0.29, 0.717) is 36.0 Å². The van der Waals surface area contributed by atoms with E-state index in [9.17, 15) is 9.59 Å². The number of hydrogen-bond acceptors (Lipinski definition) is 6. The lowest BCUT2D eigenvalue weighted by Gasteiger charge is -2.10. The molecule has 0 atom stereocenters. The first-order valence-electron chi connectivity index (χ1n) is 8.46. The van der Waals surface area contributed by atoms with Gasteiger partial charge in [-0.1, -0.05) is 17.3 Å². The largest absolute Gasteiger partial charge is 0.461 e. The van der Waals surface area contributed by atoms with Crippen LogP contribution < -0.4 is 5.32 Å². The Morgan fingerprint density at radius 2 is 1.93 bits per heavy atom. The predicted molar refractivity (Wildman–Crippen MR) is 96.6 cm³/mol. The normalized spacial score (nSPS) is 10.6. The summed E-state index contributed by atoms with van der Waals surface area (Å²) < 4.78 is 10.3. The van der Waals surface area contributed by atoms with Gasteiger partial charge in [-0.25, -0.2) is 0 Å². The van der Waals surface area contributed by atoms with Crippen molar-refractivity contribution in [3.05, 3.63) is 59.7 Å². The van der Waals surface area contributed by atoms with Gasteiger partial charge in [0.2, 0.25) is 17.6 Å². The van der Waals surface area contributed by atoms with Crippen molar-refractivity contribution in [1.29, 1.82) is 0 Å². The summed E-state index contributed by atoms with van der Waals surface area (Å²) in [6.07, 6.45) is 2.11. The first-order valence-corrected chi connectivity index (χ1v) is 8.46. The van der Waals surface area contributed by atoms with E-state index in [2.05, 4.69) is 15.5 Å². The lowest BCUT2D eigenvalue weighted by molar-refractivity contribution is -0.121. The topological polar surface area (TPSA) is 101 Å². The van der Waals surface area contributed by atoms with Gasteiger partial charge in [-0.15, -0.1) is 0 Å². The van der Waals surface area contributed by atoms with Crippen molar-refractivity contribution >= 4 is 11.8 Å². The zero-order chi connectivity index (χ0) is 19.2. The standard InChI is InChI=1S/C19H20N4O4/c1-23(2)19(25)14-7-5-13(6-8-14)12-20-16(24)9-10-17-21-18(22-27-17)15-4-3-11-26-15/h3-8,11H,9-10,12H2,1-2H3,(H,20,24). The Morgan fingerprint density at radius 1 is 1.15 bits per heavy atom. The minimum Gasteiger partial charge on any atom is -0.461 e. The van der Waals surface area contributed by atoms with Crippen LogP contribution in [0.4, 0.5) is 0 Å². The molecule has 1 aromatic carbocycles. The Labute approximate surface area is 156 Å². The van der Waals surface area contributed by atoms with E-state index in [0.717, 1.165) is 5.56 Å². The summed E-state index contributed by atoms with van der Waals surface area (Å²) in [4.78, 5) is 29.6. The highest BCUT2D eigenvalue weighted by molar-refractivity contribution is 5.93. The molecule has 0 unspecified atom stereocenters. The molecule has 3 aromatic rings. The molecule has 8 nitrogen and oxygen atoms in total. The smallest absolute Gasteiger partial charge is 0.253 e. The Hall–Kier alpha value is -3.42. The Balaban J connectivity index is 1.45. The summed E-state index contributed by atoms with van der Waals surface area (Å²) in [5.74, 6) is 1.08. The van der Waals surface area contributed by atoms with E-state index in [-0.39, 0.29) is 18.2 Å². The number of rotatable bonds is 7. The molecule has 0 aliphatic carbocycles. The average Bonchev–Trinajstić information content (AvgIpc) is 3.35. The van der Waals surface area contributed by atoms with Gasteiger partial charge in [0.1, 0.15) is 0 Å². The number of aromatic nitrogens is 2. The predicted octanol–water partition coefficient (Wildman–Crippen LogP) is 2.28. The van der Waals surface area contributed by atoms with Crippen molar-refractivity contribution < 1.29 is 18.5 Å². The third-order valence-corrected chi connectivity index (χ3v) is 3.87. The molecule has 0 aliphatic heterocycles. The second-order valence-electron chi connectivity index (χ2n) is 6.16. The second-order valence-corrected chi connectivity index (χ2v) is 6.16. The molecule has 0 spiro atoms. The SMILES string of the molecule is CN(C)C(=O)c1ccc(CNC(=O)CCc2nc(-c3ccco3)no2)cc1. The molecule has 2 aromatic heterocycles. The van der Waals surface area contributed by atoms with Crippen LogP contribution in [0.1, 0.15) is 28.2 Å². The summed E-state index contributed by atoms with van der Waals surface area (Å²) in [5, 5.41) is 6.65. The van der Waals surface area contributed by atoms with Crippen LogP contribution in [0.5, 0.6) is 0 Å². The van der Waals surface area contributed by atoms with Gasteiger partial charge in [0.05, 0.1) is 6.26 Å². The van der Waals surface area contributed by atoms with Gasteiger partial charge >= 0.3 is 0 Å². The van der Waals surface area contributed by atoms with Crippen LogP contribution in [0.3, 0.4) is 0 Å². The zero-order valence-corrected chi connectivity index (χ0v) is 15.1. The molecule has 0 fully saturated rings. The van der Waals surface area contributed by atoms with Crippen molar-refractivity contribution in [3.8, 4) is 11.6 Å². The van der Waals surface area contributed by atoms with Crippen molar-refractivity contribution in [3.63, 3.8) is 0 Å². The first-order chi connectivity index (χ1) is 13.0. The fourth-order valence-corrected chi connectivity index (χ4v) is 2.40. The molecular formula is C19H20N4O4. The number of hydrogen-bond donors (Lipinski definition) is 1. The molecule has 140 valence electrons. The number of carbonyl (C=O) groups excluding carboxylic acids is 2. The van der Waals surface area contributed by atoms with Gasteiger partial charge in [-0.2, -0.15) is 4.98 Å². The van der Waals surface area contributed by atoms with Gasteiger partial charge in [-0.05, 0) is 29.8 Å². The van der Waals surface area contributed by atoms with Gasteiger partial charge in [0, 0.05) is 39.0 Å².